The molecule has 1 fully saturated rings. The van der Waals surface area contributed by atoms with Crippen LogP contribution in [0.1, 0.15) is 45.6 Å². The van der Waals surface area contributed by atoms with E-state index in [0.29, 0.717) is 18.6 Å². The summed E-state index contributed by atoms with van der Waals surface area (Å²) in [6.07, 6.45) is 1.31. The fraction of sp³-hybridized carbons (Fsp3) is 0.385. The molecule has 166 valence electrons. The number of halogens is 1. The summed E-state index contributed by atoms with van der Waals surface area (Å²) in [6.45, 7) is 5.66. The summed E-state index contributed by atoms with van der Waals surface area (Å²) >= 11 is 0. The lowest BCUT2D eigenvalue weighted by Crippen LogP contribution is -2.48. The number of oxime groups is 1. The van der Waals surface area contributed by atoms with Gasteiger partial charge in [-0.05, 0) is 40.7 Å². The van der Waals surface area contributed by atoms with E-state index in [-0.39, 0.29) is 30.4 Å². The zero-order chi connectivity index (χ0) is 23.3. The van der Waals surface area contributed by atoms with E-state index in [1.807, 2.05) is 31.2 Å². The lowest BCUT2D eigenvalue weighted by molar-refractivity contribution is -0.139. The molecule has 6 heteroatoms. The minimum absolute atomic E-state index is 0.162. The molecular formula is C26H27FN2O3. The Morgan fingerprint density at radius 1 is 1.12 bits per heavy atom. The third-order valence-corrected chi connectivity index (χ3v) is 5.82. The predicted octanol–water partition coefficient (Wildman–Crippen LogP) is 5.49. The highest BCUT2D eigenvalue weighted by Gasteiger charge is 2.49. The van der Waals surface area contributed by atoms with Gasteiger partial charge < -0.3 is 4.84 Å². The highest BCUT2D eigenvalue weighted by atomic mass is 19.1. The van der Waals surface area contributed by atoms with Crippen molar-refractivity contribution >= 4 is 17.3 Å². The number of hydrogen-bond donors (Lipinski definition) is 0. The first-order chi connectivity index (χ1) is 15.3. The van der Waals surface area contributed by atoms with Crippen molar-refractivity contribution in [2.75, 3.05) is 0 Å². The molecule has 1 saturated carbocycles. The Bertz CT molecular complexity index is 1050. The molecule has 2 aromatic rings. The largest absolute Gasteiger partial charge is 0.391 e. The minimum Gasteiger partial charge on any atom is -0.391 e. The number of ketones is 2. The molecule has 0 radical (unpaired) electrons. The monoisotopic (exact) mass is 434 g/mol. The van der Waals surface area contributed by atoms with Gasteiger partial charge in [0.05, 0.1) is 11.8 Å². The Hall–Kier alpha value is -3.33. The van der Waals surface area contributed by atoms with E-state index in [9.17, 15) is 19.2 Å². The van der Waals surface area contributed by atoms with Gasteiger partial charge in [0.1, 0.15) is 30.0 Å². The van der Waals surface area contributed by atoms with Crippen LogP contribution in [0, 0.1) is 34.4 Å². The van der Waals surface area contributed by atoms with Crippen LogP contribution in [0.5, 0.6) is 0 Å². The van der Waals surface area contributed by atoms with Crippen LogP contribution in [0.3, 0.4) is 0 Å². The van der Waals surface area contributed by atoms with Crippen LogP contribution >= 0.6 is 0 Å². The van der Waals surface area contributed by atoms with Crippen molar-refractivity contribution in [2.45, 2.75) is 46.6 Å². The fourth-order valence-electron chi connectivity index (χ4n) is 4.08. The maximum Gasteiger partial charge on any atom is 0.166 e. The molecule has 0 N–H and O–H groups in total. The number of rotatable bonds is 7. The van der Waals surface area contributed by atoms with Crippen LogP contribution in [0.4, 0.5) is 4.39 Å². The lowest BCUT2D eigenvalue weighted by atomic mass is 9.63. The van der Waals surface area contributed by atoms with Gasteiger partial charge in [0.2, 0.25) is 0 Å². The van der Waals surface area contributed by atoms with Gasteiger partial charge in [-0.1, -0.05) is 68.7 Å². The number of hydrogen-bond acceptors (Lipinski definition) is 5. The second-order valence-corrected chi connectivity index (χ2v) is 8.84. The van der Waals surface area contributed by atoms with Gasteiger partial charge in [0, 0.05) is 6.42 Å². The molecule has 1 aliphatic rings. The van der Waals surface area contributed by atoms with Gasteiger partial charge in [0.25, 0.3) is 0 Å². The summed E-state index contributed by atoms with van der Waals surface area (Å²) in [4.78, 5) is 31.2. The first-order valence-corrected chi connectivity index (χ1v) is 10.8. The van der Waals surface area contributed by atoms with E-state index in [0.717, 1.165) is 16.7 Å². The van der Waals surface area contributed by atoms with E-state index >= 15 is 0 Å². The van der Waals surface area contributed by atoms with Crippen molar-refractivity contribution in [2.24, 2.45) is 22.4 Å². The SMILES string of the molecule is CCC/C(=N\OCc1ccc(-c2ccc(F)cc2)cc1)C1C(=O)CC(C)(C)C(C#N)C1=O. The average molecular weight is 435 g/mol. The van der Waals surface area contributed by atoms with E-state index in [1.54, 1.807) is 26.0 Å². The standard InChI is InChI=1S/C26H27FN2O3/c1-4-5-22(24-23(30)14-26(2,3)21(15-28)25(24)31)29-32-16-17-6-8-18(9-7-17)19-10-12-20(27)13-11-19/h6-13,21,24H,4-5,14,16H2,1-3H3/b29-22+. The third-order valence-electron chi connectivity index (χ3n) is 5.82. The smallest absolute Gasteiger partial charge is 0.166 e. The Morgan fingerprint density at radius 3 is 2.28 bits per heavy atom. The molecule has 0 saturated heterocycles. The molecule has 0 heterocycles. The molecule has 2 unspecified atom stereocenters. The summed E-state index contributed by atoms with van der Waals surface area (Å²) in [5.74, 6) is -2.71. The zero-order valence-electron chi connectivity index (χ0n) is 18.6. The van der Waals surface area contributed by atoms with Crippen LogP contribution in [-0.4, -0.2) is 17.3 Å². The highest BCUT2D eigenvalue weighted by Crippen LogP contribution is 2.39. The van der Waals surface area contributed by atoms with Crippen LogP contribution in [0.2, 0.25) is 0 Å². The quantitative estimate of drug-likeness (QED) is 0.328. The van der Waals surface area contributed by atoms with Gasteiger partial charge in [-0.2, -0.15) is 5.26 Å². The molecule has 2 atom stereocenters. The number of Topliss-reactive ketones (excluding diaryl/α,β-unsaturated/α-hetero) is 2. The molecule has 0 bridgehead atoms. The van der Waals surface area contributed by atoms with Crippen LogP contribution < -0.4 is 0 Å². The molecule has 3 rings (SSSR count). The first-order valence-electron chi connectivity index (χ1n) is 10.8. The molecule has 0 spiro atoms. The normalized spacial score (nSPS) is 20.7. The van der Waals surface area contributed by atoms with Crippen molar-refractivity contribution < 1.29 is 18.8 Å². The summed E-state index contributed by atoms with van der Waals surface area (Å²) in [7, 11) is 0. The maximum absolute atomic E-state index is 13.1. The van der Waals surface area contributed by atoms with Crippen LogP contribution in [0.15, 0.2) is 53.7 Å². The van der Waals surface area contributed by atoms with Crippen molar-refractivity contribution in [3.63, 3.8) is 0 Å². The maximum atomic E-state index is 13.1. The number of nitrogens with zero attached hydrogens (tertiary/aromatic N) is 2. The molecule has 2 aromatic carbocycles. The topological polar surface area (TPSA) is 79.5 Å². The first kappa shape index (κ1) is 23.3. The third kappa shape index (κ3) is 5.11. The van der Waals surface area contributed by atoms with Crippen LogP contribution in [0.25, 0.3) is 11.1 Å². The predicted molar refractivity (Wildman–Crippen MR) is 120 cm³/mol. The molecule has 5 nitrogen and oxygen atoms in total. The highest BCUT2D eigenvalue weighted by molar-refractivity contribution is 6.23. The van der Waals surface area contributed by atoms with Crippen molar-refractivity contribution in [1.29, 1.82) is 5.26 Å². The summed E-state index contributed by atoms with van der Waals surface area (Å²) in [6, 6.07) is 16.0. The number of nitriles is 1. The van der Waals surface area contributed by atoms with Crippen molar-refractivity contribution in [1.82, 2.24) is 0 Å². The second kappa shape index (κ2) is 9.86. The zero-order valence-corrected chi connectivity index (χ0v) is 18.6. The van der Waals surface area contributed by atoms with Gasteiger partial charge >= 0.3 is 0 Å². The summed E-state index contributed by atoms with van der Waals surface area (Å²) < 4.78 is 13.1. The van der Waals surface area contributed by atoms with Gasteiger partial charge in [0.15, 0.2) is 5.78 Å². The van der Waals surface area contributed by atoms with Crippen LogP contribution in [-0.2, 0) is 21.0 Å². The number of carbonyl (C=O) groups excluding carboxylic acids is 2. The fourth-order valence-corrected chi connectivity index (χ4v) is 4.08. The average Bonchev–Trinajstić information content (AvgIpc) is 2.74. The van der Waals surface area contributed by atoms with Gasteiger partial charge in [-0.25, -0.2) is 4.39 Å². The van der Waals surface area contributed by atoms with Crippen molar-refractivity contribution in [3.8, 4) is 17.2 Å². The molecule has 0 aromatic heterocycles. The molecule has 0 aliphatic heterocycles. The van der Waals surface area contributed by atoms with E-state index in [4.69, 9.17) is 4.84 Å². The molecule has 1 aliphatic carbocycles. The Balaban J connectivity index is 1.71. The van der Waals surface area contributed by atoms with E-state index in [2.05, 4.69) is 11.2 Å². The second-order valence-electron chi connectivity index (χ2n) is 8.84. The van der Waals surface area contributed by atoms with Gasteiger partial charge in [-0.15, -0.1) is 0 Å². The Kier molecular flexibility index (Phi) is 7.19. The van der Waals surface area contributed by atoms with Gasteiger partial charge in [-0.3, -0.25) is 9.59 Å². The summed E-state index contributed by atoms with van der Waals surface area (Å²) in [5, 5.41) is 13.6. The van der Waals surface area contributed by atoms with E-state index < -0.39 is 17.3 Å². The Labute approximate surface area is 187 Å². The Morgan fingerprint density at radius 2 is 1.72 bits per heavy atom. The molecule has 0 amide bonds. The molecular weight excluding hydrogens is 407 g/mol. The molecule has 32 heavy (non-hydrogen) atoms. The summed E-state index contributed by atoms with van der Waals surface area (Å²) in [5.41, 5.74) is 2.44. The number of carbonyl (C=O) groups is 2. The van der Waals surface area contributed by atoms with Crippen molar-refractivity contribution in [3.05, 3.63) is 59.9 Å². The minimum atomic E-state index is -1.01. The number of benzene rings is 2. The lowest BCUT2D eigenvalue weighted by Gasteiger charge is -2.36. The van der Waals surface area contributed by atoms with E-state index in [1.165, 1.54) is 12.1 Å².